The molecule has 32 heavy (non-hydrogen) atoms. The zero-order chi connectivity index (χ0) is 21.9. The summed E-state index contributed by atoms with van der Waals surface area (Å²) in [6.45, 7) is 0. The first kappa shape index (κ1) is 19.9. The largest absolute Gasteiger partial charge is 0.497 e. The summed E-state index contributed by atoms with van der Waals surface area (Å²) in [5.41, 5.74) is 2.26. The number of aromatic nitrogens is 1. The molecule has 1 heterocycles. The van der Waals surface area contributed by atoms with Gasteiger partial charge >= 0.3 is 0 Å². The molecule has 0 N–H and O–H groups in total. The van der Waals surface area contributed by atoms with Crippen molar-refractivity contribution in [3.05, 3.63) is 102 Å². The summed E-state index contributed by atoms with van der Waals surface area (Å²) in [5.74, 6) is 0.507. The highest BCUT2D eigenvalue weighted by atomic mass is 32.1. The number of carbonyl (C=O) groups is 1. The maximum atomic E-state index is 13.7. The molecule has 0 aliphatic heterocycles. The smallest absolute Gasteiger partial charge is 0.281 e. The predicted octanol–water partition coefficient (Wildman–Crippen LogP) is 6.14. The van der Waals surface area contributed by atoms with Gasteiger partial charge in [-0.25, -0.2) is 4.98 Å². The minimum absolute atomic E-state index is 0.236. The monoisotopic (exact) mass is 437 g/mol. The van der Waals surface area contributed by atoms with Crippen LogP contribution < -0.4 is 9.75 Å². The van der Waals surface area contributed by atoms with E-state index in [0.29, 0.717) is 10.7 Å². The van der Waals surface area contributed by atoms with E-state index in [-0.39, 0.29) is 5.91 Å². The van der Waals surface area contributed by atoms with Crippen LogP contribution in [-0.2, 0) is 0 Å². The second-order valence-electron chi connectivity index (χ2n) is 7.13. The molecule has 6 heteroatoms. The summed E-state index contributed by atoms with van der Waals surface area (Å²) >= 11 is 1.40. The Hall–Kier alpha value is -4.03. The second kappa shape index (κ2) is 8.61. The Bertz CT molecular complexity index is 1440. The van der Waals surface area contributed by atoms with E-state index in [0.717, 1.165) is 32.3 Å². The van der Waals surface area contributed by atoms with Crippen molar-refractivity contribution in [1.82, 2.24) is 4.98 Å². The van der Waals surface area contributed by atoms with Gasteiger partial charge in [0.05, 0.1) is 23.5 Å². The van der Waals surface area contributed by atoms with Gasteiger partial charge in [-0.1, -0.05) is 78.1 Å². The van der Waals surface area contributed by atoms with E-state index in [1.54, 1.807) is 13.3 Å². The van der Waals surface area contributed by atoms with Crippen molar-refractivity contribution in [2.75, 3.05) is 12.1 Å². The van der Waals surface area contributed by atoms with E-state index in [2.05, 4.69) is 10.1 Å². The van der Waals surface area contributed by atoms with Crippen LogP contribution >= 0.6 is 11.3 Å². The molecule has 1 amide bonds. The number of hydrogen-bond acceptors (Lipinski definition) is 5. The Kier molecular flexibility index (Phi) is 5.35. The van der Waals surface area contributed by atoms with Crippen LogP contribution in [0, 0.1) is 0 Å². The summed E-state index contributed by atoms with van der Waals surface area (Å²) < 4.78 is 6.25. The van der Waals surface area contributed by atoms with Crippen LogP contribution in [0.5, 0.6) is 5.75 Å². The maximum Gasteiger partial charge on any atom is 0.281 e. The highest BCUT2D eigenvalue weighted by Crippen LogP contribution is 2.33. The minimum atomic E-state index is -0.236. The molecule has 156 valence electrons. The predicted molar refractivity (Wildman–Crippen MR) is 131 cm³/mol. The molecule has 0 unspecified atom stereocenters. The zero-order valence-corrected chi connectivity index (χ0v) is 18.1. The number of hydrazone groups is 1. The van der Waals surface area contributed by atoms with Crippen molar-refractivity contribution >= 4 is 49.6 Å². The number of nitrogens with zero attached hydrogens (tertiary/aromatic N) is 3. The average Bonchev–Trinajstić information content (AvgIpc) is 3.27. The molecule has 0 fully saturated rings. The lowest BCUT2D eigenvalue weighted by Crippen LogP contribution is -2.25. The fourth-order valence-corrected chi connectivity index (χ4v) is 4.44. The van der Waals surface area contributed by atoms with Crippen LogP contribution in [0.2, 0.25) is 0 Å². The van der Waals surface area contributed by atoms with Gasteiger partial charge in [0.1, 0.15) is 5.75 Å². The number of carbonyl (C=O) groups excluding carboxylic acids is 1. The van der Waals surface area contributed by atoms with Gasteiger partial charge < -0.3 is 4.74 Å². The second-order valence-corrected chi connectivity index (χ2v) is 8.14. The Labute approximate surface area is 189 Å². The van der Waals surface area contributed by atoms with Gasteiger partial charge in [0.2, 0.25) is 5.13 Å². The molecule has 5 aromatic rings. The van der Waals surface area contributed by atoms with Crippen LogP contribution in [0.4, 0.5) is 5.13 Å². The van der Waals surface area contributed by atoms with Crippen LogP contribution in [0.25, 0.3) is 21.0 Å². The Balaban J connectivity index is 1.62. The number of benzene rings is 4. The lowest BCUT2D eigenvalue weighted by Gasteiger charge is -2.15. The molecule has 0 aliphatic carbocycles. The van der Waals surface area contributed by atoms with Gasteiger partial charge in [-0.3, -0.25) is 4.79 Å². The highest BCUT2D eigenvalue weighted by molar-refractivity contribution is 7.22. The number of fused-ring (bicyclic) bond motifs is 2. The van der Waals surface area contributed by atoms with Crippen molar-refractivity contribution in [3.63, 3.8) is 0 Å². The number of anilines is 1. The number of ether oxygens (including phenoxy) is 1. The molecule has 0 saturated heterocycles. The van der Waals surface area contributed by atoms with Crippen molar-refractivity contribution in [2.45, 2.75) is 0 Å². The van der Waals surface area contributed by atoms with Crippen molar-refractivity contribution < 1.29 is 9.53 Å². The lowest BCUT2D eigenvalue weighted by molar-refractivity contribution is 0.0989. The number of rotatable bonds is 5. The lowest BCUT2D eigenvalue weighted by atomic mass is 10.0. The third-order valence-electron chi connectivity index (χ3n) is 5.10. The van der Waals surface area contributed by atoms with Crippen LogP contribution in [-0.4, -0.2) is 24.2 Å². The summed E-state index contributed by atoms with van der Waals surface area (Å²) in [6, 6.07) is 28.9. The van der Waals surface area contributed by atoms with E-state index in [1.807, 2.05) is 91.0 Å². The van der Waals surface area contributed by atoms with Crippen molar-refractivity contribution in [2.24, 2.45) is 5.10 Å². The average molecular weight is 438 g/mol. The number of hydrogen-bond donors (Lipinski definition) is 0. The molecule has 0 radical (unpaired) electrons. The van der Waals surface area contributed by atoms with Crippen LogP contribution in [0.15, 0.2) is 96.1 Å². The topological polar surface area (TPSA) is 54.8 Å². The van der Waals surface area contributed by atoms with Gasteiger partial charge in [-0.2, -0.15) is 10.1 Å². The molecule has 5 rings (SSSR count). The zero-order valence-electron chi connectivity index (χ0n) is 17.3. The van der Waals surface area contributed by atoms with E-state index in [9.17, 15) is 4.79 Å². The molecule has 5 nitrogen and oxygen atoms in total. The quantitative estimate of drug-likeness (QED) is 0.245. The Morgan fingerprint density at radius 1 is 0.969 bits per heavy atom. The first-order chi connectivity index (χ1) is 15.7. The summed E-state index contributed by atoms with van der Waals surface area (Å²) in [4.78, 5) is 18.4. The van der Waals surface area contributed by atoms with Gasteiger partial charge in [0, 0.05) is 5.56 Å². The van der Waals surface area contributed by atoms with E-state index in [4.69, 9.17) is 4.74 Å². The molecular weight excluding hydrogens is 418 g/mol. The standard InChI is InChI=1S/C26H19N3O2S/c1-31-20-14-15-23-24(16-20)32-26(28-23)29(27-17-18-8-3-2-4-9-18)25(30)22-13-7-11-19-10-5-6-12-21(19)22/h2-17H,1H3/b27-17+. The number of thiazole rings is 1. The fourth-order valence-electron chi connectivity index (χ4n) is 3.49. The number of methoxy groups -OCH3 is 1. The third kappa shape index (κ3) is 3.84. The van der Waals surface area contributed by atoms with Crippen molar-refractivity contribution in [1.29, 1.82) is 0 Å². The summed E-state index contributed by atoms with van der Waals surface area (Å²) in [5, 5.41) is 8.32. The minimum Gasteiger partial charge on any atom is -0.497 e. The van der Waals surface area contributed by atoms with Gasteiger partial charge in [-0.15, -0.1) is 0 Å². The van der Waals surface area contributed by atoms with Gasteiger partial charge in [0.25, 0.3) is 5.91 Å². The highest BCUT2D eigenvalue weighted by Gasteiger charge is 2.22. The molecule has 1 aromatic heterocycles. The molecule has 0 saturated carbocycles. The summed E-state index contributed by atoms with van der Waals surface area (Å²) in [6.07, 6.45) is 1.68. The Morgan fingerprint density at radius 3 is 2.59 bits per heavy atom. The molecule has 0 bridgehead atoms. The summed E-state index contributed by atoms with van der Waals surface area (Å²) in [7, 11) is 1.63. The molecule has 4 aromatic carbocycles. The normalized spacial score (nSPS) is 11.3. The van der Waals surface area contributed by atoms with Gasteiger partial charge in [0.15, 0.2) is 0 Å². The first-order valence-electron chi connectivity index (χ1n) is 10.1. The number of amides is 1. The molecule has 0 spiro atoms. The molecule has 0 aliphatic rings. The van der Waals surface area contributed by atoms with E-state index >= 15 is 0 Å². The maximum absolute atomic E-state index is 13.7. The Morgan fingerprint density at radius 2 is 1.75 bits per heavy atom. The van der Waals surface area contributed by atoms with E-state index in [1.165, 1.54) is 16.3 Å². The van der Waals surface area contributed by atoms with Crippen LogP contribution in [0.3, 0.4) is 0 Å². The van der Waals surface area contributed by atoms with Gasteiger partial charge in [-0.05, 0) is 40.6 Å². The fraction of sp³-hybridized carbons (Fsp3) is 0.0385. The third-order valence-corrected chi connectivity index (χ3v) is 6.09. The first-order valence-corrected chi connectivity index (χ1v) is 10.9. The molecule has 0 atom stereocenters. The van der Waals surface area contributed by atoms with Crippen molar-refractivity contribution in [3.8, 4) is 5.75 Å². The SMILES string of the molecule is COc1ccc2nc(N(/N=C/c3ccccc3)C(=O)c3cccc4ccccc34)sc2c1. The van der Waals surface area contributed by atoms with E-state index < -0.39 is 0 Å². The van der Waals surface area contributed by atoms with Crippen LogP contribution in [0.1, 0.15) is 15.9 Å². The molecular formula is C26H19N3O2S.